The molecule has 2 saturated heterocycles. The molecule has 3 aromatic carbocycles. The van der Waals surface area contributed by atoms with Crippen LogP contribution in [-0.4, -0.2) is 46.1 Å². The normalized spacial score (nSPS) is 20.9. The third-order valence-electron chi connectivity index (χ3n) is 7.55. The molecule has 1 amide bonds. The molecule has 2 atom stereocenters. The Bertz CT molecular complexity index is 1510. The van der Waals surface area contributed by atoms with Gasteiger partial charge in [-0.15, -0.1) is 6.42 Å². The second kappa shape index (κ2) is 9.62. The van der Waals surface area contributed by atoms with Crippen molar-refractivity contribution < 1.29 is 14.3 Å². The van der Waals surface area contributed by atoms with Crippen molar-refractivity contribution in [3.05, 3.63) is 60.9 Å². The van der Waals surface area contributed by atoms with Gasteiger partial charge in [0.15, 0.2) is 11.5 Å². The van der Waals surface area contributed by atoms with Gasteiger partial charge in [0.1, 0.15) is 18.2 Å². The van der Waals surface area contributed by atoms with Crippen LogP contribution >= 0.6 is 0 Å². The van der Waals surface area contributed by atoms with Crippen LogP contribution in [0.2, 0.25) is 0 Å². The zero-order chi connectivity index (χ0) is 25.4. The van der Waals surface area contributed by atoms with Crippen molar-refractivity contribution in [2.75, 3.05) is 12.4 Å². The van der Waals surface area contributed by atoms with E-state index in [1.54, 1.807) is 13.4 Å². The predicted octanol–water partition coefficient (Wildman–Crippen LogP) is 5.46. The van der Waals surface area contributed by atoms with Crippen LogP contribution in [0.1, 0.15) is 32.1 Å². The number of aromatic nitrogens is 2. The number of hydrogen-bond acceptors (Lipinski definition) is 6. The number of fused-ring (bicyclic) bond motifs is 4. The smallest absolute Gasteiger partial charge is 0.298 e. The molecule has 2 bridgehead atoms. The van der Waals surface area contributed by atoms with Crippen molar-refractivity contribution in [3.8, 4) is 23.8 Å². The quantitative estimate of drug-likeness (QED) is 0.373. The lowest BCUT2D eigenvalue weighted by Gasteiger charge is -2.47. The first-order valence-corrected chi connectivity index (χ1v) is 12.7. The first kappa shape index (κ1) is 23.1. The molecule has 2 unspecified atom stereocenters. The maximum Gasteiger partial charge on any atom is 0.298 e. The average molecular weight is 493 g/mol. The van der Waals surface area contributed by atoms with Gasteiger partial charge in [-0.25, -0.2) is 9.97 Å². The molecule has 6 rings (SSSR count). The van der Waals surface area contributed by atoms with Crippen LogP contribution in [0, 0.1) is 12.3 Å². The number of carbonyl (C=O) groups is 1. The molecule has 0 spiro atoms. The number of nitrogens with zero attached hydrogens (tertiary/aromatic N) is 3. The molecule has 1 N–H and O–H groups in total. The van der Waals surface area contributed by atoms with Gasteiger partial charge in [-0.2, -0.15) is 0 Å². The van der Waals surface area contributed by atoms with E-state index in [4.69, 9.17) is 15.9 Å². The summed E-state index contributed by atoms with van der Waals surface area (Å²) in [6, 6.07) is 18.5. The molecule has 2 fully saturated rings. The number of amides is 1. The van der Waals surface area contributed by atoms with Gasteiger partial charge in [0.25, 0.3) is 5.91 Å². The number of rotatable bonds is 5. The van der Waals surface area contributed by atoms with Crippen LogP contribution in [0.5, 0.6) is 11.5 Å². The summed E-state index contributed by atoms with van der Waals surface area (Å²) in [5, 5.41) is 6.61. The Morgan fingerprint density at radius 3 is 2.59 bits per heavy atom. The summed E-state index contributed by atoms with van der Waals surface area (Å²) >= 11 is 0. The molecule has 7 heteroatoms. The van der Waals surface area contributed by atoms with E-state index in [9.17, 15) is 4.79 Å². The maximum atomic E-state index is 12.4. The predicted molar refractivity (Wildman–Crippen MR) is 144 cm³/mol. The molecule has 7 nitrogen and oxygen atoms in total. The second-order valence-electron chi connectivity index (χ2n) is 9.70. The van der Waals surface area contributed by atoms with Crippen molar-refractivity contribution in [3.63, 3.8) is 0 Å². The van der Waals surface area contributed by atoms with E-state index in [-0.39, 0.29) is 24.1 Å². The van der Waals surface area contributed by atoms with E-state index in [1.165, 1.54) is 0 Å². The summed E-state index contributed by atoms with van der Waals surface area (Å²) < 4.78 is 12.2. The standard InChI is InChI=1S/C30H28N4O3/c1-3-29(35)34-20-10-7-11-21(34)15-22(14-20)37-28-16-24-26(17-27(28)36-2)31-18-32-30(24)33-25-13-6-9-19-8-4-5-12-23(19)25/h1,4-6,8-9,12-13,16-18,20-22H,7,10-11,14-15H2,2H3,(H,31,32,33). The number of methoxy groups -OCH3 is 1. The molecule has 37 heavy (non-hydrogen) atoms. The number of nitrogens with one attached hydrogen (secondary N) is 1. The first-order valence-electron chi connectivity index (χ1n) is 12.7. The fraction of sp³-hybridized carbons (Fsp3) is 0.300. The SMILES string of the molecule is C#CC(=O)N1C2CCCC1CC(Oc1cc3c(Nc4cccc5ccccc45)ncnc3cc1OC)C2. The van der Waals surface area contributed by atoms with Crippen molar-refractivity contribution in [2.45, 2.75) is 50.3 Å². The largest absolute Gasteiger partial charge is 0.493 e. The highest BCUT2D eigenvalue weighted by molar-refractivity contribution is 5.99. The van der Waals surface area contributed by atoms with Crippen LogP contribution < -0.4 is 14.8 Å². The molecule has 1 aromatic heterocycles. The van der Waals surface area contributed by atoms with Crippen LogP contribution in [0.25, 0.3) is 21.7 Å². The number of hydrogen-bond donors (Lipinski definition) is 1. The van der Waals surface area contributed by atoms with E-state index in [1.807, 2.05) is 41.3 Å². The molecule has 3 heterocycles. The number of carbonyl (C=O) groups excluding carboxylic acids is 1. The monoisotopic (exact) mass is 492 g/mol. The number of ether oxygens (including phenoxy) is 2. The summed E-state index contributed by atoms with van der Waals surface area (Å²) in [5.41, 5.74) is 1.73. The number of benzene rings is 3. The van der Waals surface area contributed by atoms with Crippen LogP contribution in [0.3, 0.4) is 0 Å². The van der Waals surface area contributed by atoms with Gasteiger partial charge in [-0.1, -0.05) is 36.4 Å². The molecule has 0 radical (unpaired) electrons. The van der Waals surface area contributed by atoms with E-state index in [0.717, 1.165) is 59.5 Å². The molecular weight excluding hydrogens is 464 g/mol. The van der Waals surface area contributed by atoms with E-state index >= 15 is 0 Å². The van der Waals surface area contributed by atoms with Crippen molar-refractivity contribution in [1.29, 1.82) is 0 Å². The van der Waals surface area contributed by atoms with E-state index < -0.39 is 0 Å². The van der Waals surface area contributed by atoms with Crippen LogP contribution in [-0.2, 0) is 4.79 Å². The zero-order valence-corrected chi connectivity index (χ0v) is 20.7. The Morgan fingerprint density at radius 1 is 1.03 bits per heavy atom. The van der Waals surface area contributed by atoms with Gasteiger partial charge in [0, 0.05) is 47.5 Å². The van der Waals surface area contributed by atoms with Crippen molar-refractivity contribution >= 4 is 39.1 Å². The number of terminal acetylenes is 1. The summed E-state index contributed by atoms with van der Waals surface area (Å²) in [6.45, 7) is 0. The number of piperidine rings is 2. The highest BCUT2D eigenvalue weighted by Crippen LogP contribution is 2.40. The average Bonchev–Trinajstić information content (AvgIpc) is 2.92. The fourth-order valence-electron chi connectivity index (χ4n) is 5.89. The Balaban J connectivity index is 1.33. The lowest BCUT2D eigenvalue weighted by Crippen LogP contribution is -2.56. The van der Waals surface area contributed by atoms with Crippen molar-refractivity contribution in [2.24, 2.45) is 0 Å². The van der Waals surface area contributed by atoms with Crippen LogP contribution in [0.4, 0.5) is 11.5 Å². The van der Waals surface area contributed by atoms with Gasteiger partial charge < -0.3 is 19.7 Å². The minimum atomic E-state index is -0.210. The molecule has 2 aliphatic rings. The molecule has 0 aliphatic carbocycles. The molecule has 4 aromatic rings. The van der Waals surface area contributed by atoms with Gasteiger partial charge >= 0.3 is 0 Å². The van der Waals surface area contributed by atoms with Gasteiger partial charge in [0.2, 0.25) is 0 Å². The van der Waals surface area contributed by atoms with Gasteiger partial charge in [-0.05, 0) is 42.7 Å². The Morgan fingerprint density at radius 2 is 1.81 bits per heavy atom. The van der Waals surface area contributed by atoms with Gasteiger partial charge in [0.05, 0.1) is 12.6 Å². The van der Waals surface area contributed by atoms with E-state index in [2.05, 4.69) is 39.4 Å². The zero-order valence-electron chi connectivity index (χ0n) is 20.7. The lowest BCUT2D eigenvalue weighted by molar-refractivity contribution is -0.136. The Labute approximate surface area is 215 Å². The molecule has 0 saturated carbocycles. The first-order chi connectivity index (χ1) is 18.1. The minimum Gasteiger partial charge on any atom is -0.493 e. The number of anilines is 2. The minimum absolute atomic E-state index is 0.0393. The third kappa shape index (κ3) is 4.29. The van der Waals surface area contributed by atoms with Crippen molar-refractivity contribution in [1.82, 2.24) is 14.9 Å². The summed E-state index contributed by atoms with van der Waals surface area (Å²) in [4.78, 5) is 23.3. The topological polar surface area (TPSA) is 76.6 Å². The van der Waals surface area contributed by atoms with Crippen LogP contribution in [0.15, 0.2) is 60.9 Å². The van der Waals surface area contributed by atoms with Gasteiger partial charge in [-0.3, -0.25) is 4.79 Å². The third-order valence-corrected chi connectivity index (χ3v) is 7.55. The highest BCUT2D eigenvalue weighted by atomic mass is 16.5. The molecular formula is C30H28N4O3. The Kier molecular flexibility index (Phi) is 6.01. The Hall–Kier alpha value is -4.31. The molecule has 186 valence electrons. The van der Waals surface area contributed by atoms with E-state index in [0.29, 0.717) is 17.3 Å². The fourth-order valence-corrected chi connectivity index (χ4v) is 5.89. The maximum absolute atomic E-state index is 12.4. The summed E-state index contributed by atoms with van der Waals surface area (Å²) in [7, 11) is 1.63. The highest BCUT2D eigenvalue weighted by Gasteiger charge is 2.41. The molecule has 2 aliphatic heterocycles. The summed E-state index contributed by atoms with van der Waals surface area (Å²) in [5.74, 6) is 4.06. The second-order valence-corrected chi connectivity index (χ2v) is 9.70. The summed E-state index contributed by atoms with van der Waals surface area (Å²) in [6.07, 6.45) is 11.5. The lowest BCUT2D eigenvalue weighted by atomic mass is 9.82.